The zero-order valence-corrected chi connectivity index (χ0v) is 13.2. The number of amides is 1. The van der Waals surface area contributed by atoms with Crippen molar-refractivity contribution in [2.45, 2.75) is 19.9 Å². The maximum atomic E-state index is 13.7. The van der Waals surface area contributed by atoms with Crippen LogP contribution in [0.3, 0.4) is 0 Å². The minimum absolute atomic E-state index is 0.0356. The van der Waals surface area contributed by atoms with Gasteiger partial charge in [0.25, 0.3) is 5.91 Å². The first-order chi connectivity index (χ1) is 10.5. The molecule has 0 heterocycles. The van der Waals surface area contributed by atoms with Crippen molar-refractivity contribution in [3.05, 3.63) is 64.4 Å². The SMILES string of the molecule is Cc1ccc(OC[C@@H](C)NC(=O)c2ccc(Cl)cc2F)cc1. The molecule has 0 spiro atoms. The molecule has 0 aliphatic rings. The monoisotopic (exact) mass is 321 g/mol. The van der Waals surface area contributed by atoms with Gasteiger partial charge in [0.05, 0.1) is 11.6 Å². The van der Waals surface area contributed by atoms with Gasteiger partial charge in [-0.15, -0.1) is 0 Å². The number of halogens is 2. The van der Waals surface area contributed by atoms with Gasteiger partial charge in [0, 0.05) is 5.02 Å². The molecule has 5 heteroatoms. The molecule has 0 aliphatic heterocycles. The third-order valence-corrected chi connectivity index (χ3v) is 3.31. The van der Waals surface area contributed by atoms with Crippen LogP contribution in [0.2, 0.25) is 5.02 Å². The molecule has 2 aromatic carbocycles. The number of carbonyl (C=O) groups is 1. The Morgan fingerprint density at radius 2 is 1.95 bits per heavy atom. The summed E-state index contributed by atoms with van der Waals surface area (Å²) in [4.78, 5) is 12.0. The maximum Gasteiger partial charge on any atom is 0.254 e. The largest absolute Gasteiger partial charge is 0.491 e. The second kappa shape index (κ2) is 7.27. The molecule has 1 atom stereocenters. The summed E-state index contributed by atoms with van der Waals surface area (Å²) in [5.41, 5.74) is 1.11. The highest BCUT2D eigenvalue weighted by molar-refractivity contribution is 6.30. The van der Waals surface area contributed by atoms with Gasteiger partial charge in [-0.3, -0.25) is 4.79 Å². The second-order valence-corrected chi connectivity index (χ2v) is 5.56. The fourth-order valence-electron chi connectivity index (χ4n) is 1.87. The molecule has 0 fully saturated rings. The van der Waals surface area contributed by atoms with Crippen LogP contribution in [0.4, 0.5) is 4.39 Å². The van der Waals surface area contributed by atoms with Crippen molar-refractivity contribution in [1.29, 1.82) is 0 Å². The molecule has 0 bridgehead atoms. The number of rotatable bonds is 5. The van der Waals surface area contributed by atoms with Crippen molar-refractivity contribution in [2.24, 2.45) is 0 Å². The average Bonchev–Trinajstić information content (AvgIpc) is 2.46. The van der Waals surface area contributed by atoms with E-state index in [1.807, 2.05) is 31.2 Å². The highest BCUT2D eigenvalue weighted by Crippen LogP contribution is 2.15. The minimum atomic E-state index is -0.642. The predicted octanol–water partition coefficient (Wildman–Crippen LogP) is 3.98. The third-order valence-electron chi connectivity index (χ3n) is 3.07. The first kappa shape index (κ1) is 16.3. The van der Waals surface area contributed by atoms with E-state index in [0.29, 0.717) is 6.61 Å². The van der Waals surface area contributed by atoms with Gasteiger partial charge in [0.2, 0.25) is 0 Å². The Kier molecular flexibility index (Phi) is 5.39. The Morgan fingerprint density at radius 3 is 2.59 bits per heavy atom. The van der Waals surface area contributed by atoms with Gasteiger partial charge in [0.15, 0.2) is 0 Å². The van der Waals surface area contributed by atoms with E-state index in [0.717, 1.165) is 17.4 Å². The summed E-state index contributed by atoms with van der Waals surface area (Å²) >= 11 is 5.66. The summed E-state index contributed by atoms with van der Waals surface area (Å²) in [6, 6.07) is 11.3. The average molecular weight is 322 g/mol. The van der Waals surface area contributed by atoms with E-state index >= 15 is 0 Å². The molecule has 0 saturated heterocycles. The number of benzene rings is 2. The fourth-order valence-corrected chi connectivity index (χ4v) is 2.03. The van der Waals surface area contributed by atoms with Crippen LogP contribution in [-0.4, -0.2) is 18.6 Å². The standard InChI is InChI=1S/C17H17ClFNO2/c1-11-3-6-14(7-4-11)22-10-12(2)20-17(21)15-8-5-13(18)9-16(15)19/h3-9,12H,10H2,1-2H3,(H,20,21)/t12-/m1/s1. The third kappa shape index (κ3) is 4.46. The summed E-state index contributed by atoms with van der Waals surface area (Å²) in [6.45, 7) is 4.08. The zero-order valence-electron chi connectivity index (χ0n) is 12.4. The minimum Gasteiger partial charge on any atom is -0.491 e. The van der Waals surface area contributed by atoms with E-state index in [2.05, 4.69) is 5.32 Å². The highest BCUT2D eigenvalue weighted by Gasteiger charge is 2.14. The van der Waals surface area contributed by atoms with Crippen LogP contribution in [0, 0.1) is 12.7 Å². The van der Waals surface area contributed by atoms with E-state index in [9.17, 15) is 9.18 Å². The van der Waals surface area contributed by atoms with Gasteiger partial charge in [-0.1, -0.05) is 29.3 Å². The summed E-state index contributed by atoms with van der Waals surface area (Å²) in [6.07, 6.45) is 0. The number of hydrogen-bond acceptors (Lipinski definition) is 2. The van der Waals surface area contributed by atoms with Crippen molar-refractivity contribution >= 4 is 17.5 Å². The number of aryl methyl sites for hydroxylation is 1. The quantitative estimate of drug-likeness (QED) is 0.904. The summed E-state index contributed by atoms with van der Waals surface area (Å²) in [5, 5.41) is 2.95. The van der Waals surface area contributed by atoms with E-state index in [4.69, 9.17) is 16.3 Å². The number of hydrogen-bond donors (Lipinski definition) is 1. The topological polar surface area (TPSA) is 38.3 Å². The van der Waals surface area contributed by atoms with Crippen LogP contribution >= 0.6 is 11.6 Å². The van der Waals surface area contributed by atoms with Crippen LogP contribution in [0.15, 0.2) is 42.5 Å². The van der Waals surface area contributed by atoms with Gasteiger partial charge >= 0.3 is 0 Å². The Morgan fingerprint density at radius 1 is 1.27 bits per heavy atom. The molecule has 1 N–H and O–H groups in total. The fraction of sp³-hybridized carbons (Fsp3) is 0.235. The zero-order chi connectivity index (χ0) is 16.1. The molecule has 0 aliphatic carbocycles. The van der Waals surface area contributed by atoms with Crippen molar-refractivity contribution in [2.75, 3.05) is 6.61 Å². The van der Waals surface area contributed by atoms with Gasteiger partial charge in [0.1, 0.15) is 18.2 Å². The van der Waals surface area contributed by atoms with Crippen LogP contribution in [-0.2, 0) is 0 Å². The number of carbonyl (C=O) groups excluding carboxylic acids is 1. The van der Waals surface area contributed by atoms with Crippen LogP contribution in [0.1, 0.15) is 22.8 Å². The Balaban J connectivity index is 1.89. The summed E-state index contributed by atoms with van der Waals surface area (Å²) in [7, 11) is 0. The lowest BCUT2D eigenvalue weighted by Crippen LogP contribution is -2.37. The van der Waals surface area contributed by atoms with Gasteiger partial charge in [-0.2, -0.15) is 0 Å². The molecule has 116 valence electrons. The van der Waals surface area contributed by atoms with Crippen molar-refractivity contribution in [3.63, 3.8) is 0 Å². The van der Waals surface area contributed by atoms with Crippen LogP contribution in [0.5, 0.6) is 5.75 Å². The van der Waals surface area contributed by atoms with Crippen molar-refractivity contribution in [3.8, 4) is 5.75 Å². The van der Waals surface area contributed by atoms with Gasteiger partial charge in [-0.25, -0.2) is 4.39 Å². The van der Waals surface area contributed by atoms with Crippen molar-refractivity contribution in [1.82, 2.24) is 5.32 Å². The Labute approximate surface area is 134 Å². The van der Waals surface area contributed by atoms with E-state index in [1.165, 1.54) is 12.1 Å². The smallest absolute Gasteiger partial charge is 0.254 e. The molecular formula is C17H17ClFNO2. The van der Waals surface area contributed by atoms with Crippen molar-refractivity contribution < 1.29 is 13.9 Å². The normalized spacial score (nSPS) is 11.8. The molecule has 0 radical (unpaired) electrons. The van der Waals surface area contributed by atoms with E-state index in [-0.39, 0.29) is 16.6 Å². The van der Waals surface area contributed by atoms with Crippen LogP contribution in [0.25, 0.3) is 0 Å². The molecule has 3 nitrogen and oxygen atoms in total. The first-order valence-corrected chi connectivity index (χ1v) is 7.29. The van der Waals surface area contributed by atoms with E-state index in [1.54, 1.807) is 6.92 Å². The number of ether oxygens (including phenoxy) is 1. The summed E-state index contributed by atoms with van der Waals surface area (Å²) in [5.74, 6) is -0.407. The predicted molar refractivity (Wildman–Crippen MR) is 85.0 cm³/mol. The number of nitrogens with one attached hydrogen (secondary N) is 1. The van der Waals surface area contributed by atoms with Gasteiger partial charge in [-0.05, 0) is 44.2 Å². The Hall–Kier alpha value is -2.07. The molecule has 0 saturated carbocycles. The molecule has 22 heavy (non-hydrogen) atoms. The lowest BCUT2D eigenvalue weighted by Gasteiger charge is -2.15. The van der Waals surface area contributed by atoms with E-state index < -0.39 is 11.7 Å². The highest BCUT2D eigenvalue weighted by atomic mass is 35.5. The lowest BCUT2D eigenvalue weighted by atomic mass is 10.2. The lowest BCUT2D eigenvalue weighted by molar-refractivity contribution is 0.0922. The van der Waals surface area contributed by atoms with Crippen LogP contribution < -0.4 is 10.1 Å². The first-order valence-electron chi connectivity index (χ1n) is 6.91. The second-order valence-electron chi connectivity index (χ2n) is 5.12. The summed E-state index contributed by atoms with van der Waals surface area (Å²) < 4.78 is 19.2. The molecule has 0 unspecified atom stereocenters. The molecule has 2 rings (SSSR count). The Bertz CT molecular complexity index is 658. The molecule has 0 aromatic heterocycles. The molecule has 1 amide bonds. The molecular weight excluding hydrogens is 305 g/mol. The van der Waals surface area contributed by atoms with Gasteiger partial charge < -0.3 is 10.1 Å². The molecule has 2 aromatic rings. The maximum absolute atomic E-state index is 13.7.